The van der Waals surface area contributed by atoms with Gasteiger partial charge in [-0.15, -0.1) is 0 Å². The van der Waals surface area contributed by atoms with E-state index in [1.165, 1.54) is 22.4 Å². The van der Waals surface area contributed by atoms with Gasteiger partial charge in [-0.25, -0.2) is 8.42 Å². The number of hydrogen-bond acceptors (Lipinski definition) is 6. The lowest BCUT2D eigenvalue weighted by atomic mass is 9.83. The molecule has 0 bridgehead atoms. The summed E-state index contributed by atoms with van der Waals surface area (Å²) in [6.45, 7) is 3.62. The number of fused-ring (bicyclic) bond motifs is 1. The van der Waals surface area contributed by atoms with Crippen molar-refractivity contribution in [2.75, 3.05) is 39.0 Å². The minimum absolute atomic E-state index is 0.0228. The topological polar surface area (TPSA) is 116 Å². The molecule has 2 N–H and O–H groups in total. The van der Waals surface area contributed by atoms with Crippen LogP contribution in [0.15, 0.2) is 53.9 Å². The van der Waals surface area contributed by atoms with Gasteiger partial charge in [-0.3, -0.25) is 19.3 Å². The van der Waals surface area contributed by atoms with Crippen molar-refractivity contribution in [2.24, 2.45) is 5.92 Å². The maximum atomic E-state index is 13.3. The van der Waals surface area contributed by atoms with Crippen LogP contribution in [-0.4, -0.2) is 81.0 Å². The first-order valence-electron chi connectivity index (χ1n) is 14.0. The predicted molar refractivity (Wildman–Crippen MR) is 156 cm³/mol. The Bertz CT molecular complexity index is 1340. The molecule has 216 valence electrons. The molecule has 4 rings (SSSR count). The minimum atomic E-state index is -3.26. The van der Waals surface area contributed by atoms with Gasteiger partial charge in [0.2, 0.25) is 17.7 Å². The maximum Gasteiger partial charge on any atom is 0.240 e. The van der Waals surface area contributed by atoms with Crippen LogP contribution in [0.4, 0.5) is 0 Å². The van der Waals surface area contributed by atoms with E-state index in [0.717, 1.165) is 56.9 Å². The lowest BCUT2D eigenvalue weighted by molar-refractivity contribution is -0.145. The third-order valence-electron chi connectivity index (χ3n) is 8.02. The van der Waals surface area contributed by atoms with Crippen molar-refractivity contribution < 1.29 is 22.8 Å². The molecule has 1 aliphatic carbocycles. The second-order valence-corrected chi connectivity index (χ2v) is 12.8. The molecule has 1 saturated carbocycles. The van der Waals surface area contributed by atoms with E-state index < -0.39 is 15.7 Å². The zero-order valence-corrected chi connectivity index (χ0v) is 24.2. The number of amides is 3. The normalized spacial score (nSPS) is 17.9. The molecular formula is C30H40N4O5S. The molecule has 10 heteroatoms. The van der Waals surface area contributed by atoms with Crippen LogP contribution in [0, 0.1) is 5.92 Å². The number of benzene rings is 2. The molecule has 1 saturated heterocycles. The molecule has 9 nitrogen and oxygen atoms in total. The number of likely N-dealkylation sites (tertiary alicyclic amines) is 1. The molecule has 2 aliphatic rings. The molecular weight excluding hydrogens is 528 g/mol. The van der Waals surface area contributed by atoms with Crippen molar-refractivity contribution >= 4 is 38.3 Å². The van der Waals surface area contributed by atoms with E-state index in [9.17, 15) is 22.8 Å². The van der Waals surface area contributed by atoms with E-state index in [2.05, 4.69) is 64.9 Å². The van der Waals surface area contributed by atoms with Crippen LogP contribution in [0.25, 0.3) is 10.8 Å². The van der Waals surface area contributed by atoms with Crippen molar-refractivity contribution in [3.05, 3.63) is 59.5 Å². The van der Waals surface area contributed by atoms with Crippen molar-refractivity contribution in [3.8, 4) is 0 Å². The molecule has 2 aromatic carbocycles. The summed E-state index contributed by atoms with van der Waals surface area (Å²) in [5.74, 6) is -0.789. The number of piperidine rings is 1. The Morgan fingerprint density at radius 3 is 2.38 bits per heavy atom. The zero-order valence-electron chi connectivity index (χ0n) is 23.3. The standard InChI is InChI=1S/C30H40N4O5S/c1-22(26-13-6-9-23-8-3-4-12-27(23)26)33-17-14-25(15-18-33)34(30(37)24-10-5-11-24)21-29(36)32-20-28(35)31-16-7-19-40(2,38)39/h3-4,6-9,12-13,19,22,24-25H,5,10-11,14-18,20-21H2,1-2H3,(H,31,35)(H,32,36). The number of carbonyl (C=O) groups excluding carboxylic acids is 3. The summed E-state index contributed by atoms with van der Waals surface area (Å²) in [6, 6.07) is 15.1. The molecule has 3 amide bonds. The van der Waals surface area contributed by atoms with Crippen molar-refractivity contribution in [1.29, 1.82) is 0 Å². The summed E-state index contributed by atoms with van der Waals surface area (Å²) in [4.78, 5) is 42.4. The fourth-order valence-electron chi connectivity index (χ4n) is 5.52. The van der Waals surface area contributed by atoms with Gasteiger partial charge in [0.05, 0.1) is 13.1 Å². The van der Waals surface area contributed by atoms with E-state index in [1.54, 1.807) is 4.90 Å². The van der Waals surface area contributed by atoms with Gasteiger partial charge in [0.15, 0.2) is 9.84 Å². The summed E-state index contributed by atoms with van der Waals surface area (Å²) < 4.78 is 22.3. The highest BCUT2D eigenvalue weighted by molar-refractivity contribution is 7.93. The summed E-state index contributed by atoms with van der Waals surface area (Å²) >= 11 is 0. The summed E-state index contributed by atoms with van der Waals surface area (Å²) in [5.41, 5.74) is 1.29. The van der Waals surface area contributed by atoms with Gasteiger partial charge in [-0.05, 0) is 48.9 Å². The average molecular weight is 569 g/mol. The molecule has 40 heavy (non-hydrogen) atoms. The maximum absolute atomic E-state index is 13.3. The Labute approximate surface area is 236 Å². The summed E-state index contributed by atoms with van der Waals surface area (Å²) in [7, 11) is -3.26. The number of sulfone groups is 1. The minimum Gasteiger partial charge on any atom is -0.351 e. The SMILES string of the molecule is CC(c1cccc2ccccc12)N1CCC(N(CC(=O)NCC(=O)NCC=CS(C)(=O)=O)C(=O)C2CCC2)CC1. The zero-order chi connectivity index (χ0) is 28.7. The van der Waals surface area contributed by atoms with E-state index in [1.807, 2.05) is 0 Å². The molecule has 1 unspecified atom stereocenters. The first-order chi connectivity index (χ1) is 19.1. The van der Waals surface area contributed by atoms with Gasteiger partial charge in [-0.1, -0.05) is 55.0 Å². The quantitative estimate of drug-likeness (QED) is 0.431. The third-order valence-corrected chi connectivity index (χ3v) is 8.71. The Morgan fingerprint density at radius 2 is 1.70 bits per heavy atom. The molecule has 0 aromatic heterocycles. The molecule has 1 atom stereocenters. The first-order valence-corrected chi connectivity index (χ1v) is 16.0. The van der Waals surface area contributed by atoms with Crippen molar-refractivity contribution in [2.45, 2.75) is 51.1 Å². The Kier molecular flexibility index (Phi) is 9.97. The van der Waals surface area contributed by atoms with Crippen LogP contribution in [-0.2, 0) is 24.2 Å². The van der Waals surface area contributed by atoms with E-state index in [4.69, 9.17) is 0 Å². The highest BCUT2D eigenvalue weighted by atomic mass is 32.2. The lowest BCUT2D eigenvalue weighted by Gasteiger charge is -2.42. The smallest absolute Gasteiger partial charge is 0.240 e. The third kappa shape index (κ3) is 7.91. The fraction of sp³-hybridized carbons (Fsp3) is 0.500. The molecule has 0 radical (unpaired) electrons. The Morgan fingerprint density at radius 1 is 1.00 bits per heavy atom. The Hall–Kier alpha value is -3.24. The fourth-order valence-corrected chi connectivity index (χ4v) is 5.97. The predicted octanol–water partition coefficient (Wildman–Crippen LogP) is 2.78. The summed E-state index contributed by atoms with van der Waals surface area (Å²) in [6.07, 6.45) is 6.72. The first kappa shape index (κ1) is 29.7. The van der Waals surface area contributed by atoms with Crippen LogP contribution in [0.1, 0.15) is 50.6 Å². The number of hydrogen-bond donors (Lipinski definition) is 2. The number of carbonyl (C=O) groups is 3. The van der Waals surface area contributed by atoms with Crippen LogP contribution >= 0.6 is 0 Å². The monoisotopic (exact) mass is 568 g/mol. The van der Waals surface area contributed by atoms with Gasteiger partial charge >= 0.3 is 0 Å². The van der Waals surface area contributed by atoms with E-state index in [0.29, 0.717) is 0 Å². The Balaban J connectivity index is 1.32. The summed E-state index contributed by atoms with van der Waals surface area (Å²) in [5, 5.41) is 8.64. The van der Waals surface area contributed by atoms with Gasteiger partial charge in [-0.2, -0.15) is 0 Å². The van der Waals surface area contributed by atoms with Crippen LogP contribution < -0.4 is 10.6 Å². The van der Waals surface area contributed by atoms with Gasteiger partial charge in [0.1, 0.15) is 0 Å². The number of nitrogens with one attached hydrogen (secondary N) is 2. The highest BCUT2D eigenvalue weighted by Gasteiger charge is 2.36. The lowest BCUT2D eigenvalue weighted by Crippen LogP contribution is -2.53. The van der Waals surface area contributed by atoms with Crippen molar-refractivity contribution in [1.82, 2.24) is 20.4 Å². The second-order valence-electron chi connectivity index (χ2n) is 10.9. The molecule has 2 aromatic rings. The van der Waals surface area contributed by atoms with Gasteiger partial charge in [0.25, 0.3) is 0 Å². The van der Waals surface area contributed by atoms with Gasteiger partial charge in [0, 0.05) is 49.3 Å². The molecule has 2 fully saturated rings. The molecule has 1 heterocycles. The van der Waals surface area contributed by atoms with Crippen molar-refractivity contribution in [3.63, 3.8) is 0 Å². The average Bonchev–Trinajstić information content (AvgIpc) is 2.91. The van der Waals surface area contributed by atoms with Crippen LogP contribution in [0.3, 0.4) is 0 Å². The largest absolute Gasteiger partial charge is 0.351 e. The molecule has 1 aliphatic heterocycles. The second kappa shape index (κ2) is 13.4. The van der Waals surface area contributed by atoms with Crippen LogP contribution in [0.2, 0.25) is 0 Å². The van der Waals surface area contributed by atoms with E-state index >= 15 is 0 Å². The highest BCUT2D eigenvalue weighted by Crippen LogP contribution is 2.33. The van der Waals surface area contributed by atoms with Crippen LogP contribution in [0.5, 0.6) is 0 Å². The van der Waals surface area contributed by atoms with E-state index in [-0.39, 0.29) is 49.5 Å². The molecule has 0 spiro atoms. The number of rotatable bonds is 11. The number of nitrogens with zero attached hydrogens (tertiary/aromatic N) is 2. The van der Waals surface area contributed by atoms with Gasteiger partial charge < -0.3 is 15.5 Å².